The van der Waals surface area contributed by atoms with Crippen LogP contribution in [-0.4, -0.2) is 42.9 Å². The molecule has 1 fully saturated rings. The van der Waals surface area contributed by atoms with Crippen molar-refractivity contribution < 1.29 is 28.5 Å². The number of carbonyl (C=O) groups excluding carboxylic acids is 1. The molecule has 5 atom stereocenters. The molecule has 0 aromatic heterocycles. The predicted molar refractivity (Wildman–Crippen MR) is 174 cm³/mol. The molecular formula is C39H42O6. The Labute approximate surface area is 266 Å². The van der Waals surface area contributed by atoms with Gasteiger partial charge in [0.15, 0.2) is 5.78 Å². The van der Waals surface area contributed by atoms with Gasteiger partial charge in [-0.05, 0) is 35.3 Å². The highest BCUT2D eigenvalue weighted by Crippen LogP contribution is 2.32. The number of hydrogen-bond donors (Lipinski definition) is 0. The van der Waals surface area contributed by atoms with Gasteiger partial charge < -0.3 is 23.7 Å². The van der Waals surface area contributed by atoms with Gasteiger partial charge >= 0.3 is 0 Å². The van der Waals surface area contributed by atoms with Crippen LogP contribution in [0.3, 0.4) is 0 Å². The Balaban J connectivity index is 1.45. The van der Waals surface area contributed by atoms with Gasteiger partial charge in [0.1, 0.15) is 24.4 Å². The highest BCUT2D eigenvalue weighted by atomic mass is 16.6. The minimum atomic E-state index is -0.575. The lowest BCUT2D eigenvalue weighted by Crippen LogP contribution is -2.61. The number of benzene rings is 4. The lowest BCUT2D eigenvalue weighted by molar-refractivity contribution is -0.272. The number of hydrogen-bond acceptors (Lipinski definition) is 6. The molecule has 0 aliphatic carbocycles. The fourth-order valence-corrected chi connectivity index (χ4v) is 5.50. The van der Waals surface area contributed by atoms with E-state index in [0.717, 1.165) is 22.3 Å². The van der Waals surface area contributed by atoms with Gasteiger partial charge in [-0.2, -0.15) is 0 Å². The lowest BCUT2D eigenvalue weighted by Gasteiger charge is -2.46. The van der Waals surface area contributed by atoms with Crippen molar-refractivity contribution >= 4 is 5.78 Å². The van der Waals surface area contributed by atoms with Gasteiger partial charge in [0.05, 0.1) is 39.1 Å². The van der Waals surface area contributed by atoms with Crippen molar-refractivity contribution in [3.8, 4) is 0 Å². The summed E-state index contributed by atoms with van der Waals surface area (Å²) in [6.07, 6.45) is 0.762. The Bertz CT molecular complexity index is 1430. The molecule has 0 saturated carbocycles. The summed E-state index contributed by atoms with van der Waals surface area (Å²) in [4.78, 5) is 13.0. The van der Waals surface area contributed by atoms with Gasteiger partial charge in [-0.25, -0.2) is 0 Å². The molecule has 5 rings (SSSR count). The number of allylic oxidation sites excluding steroid dienone is 2. The van der Waals surface area contributed by atoms with Crippen LogP contribution in [-0.2, 0) is 54.9 Å². The molecule has 234 valence electrons. The molecule has 0 bridgehead atoms. The smallest absolute Gasteiger partial charge is 0.158 e. The number of carbonyl (C=O) groups is 1. The fourth-order valence-electron chi connectivity index (χ4n) is 5.50. The van der Waals surface area contributed by atoms with Crippen molar-refractivity contribution in [3.05, 3.63) is 156 Å². The van der Waals surface area contributed by atoms with E-state index < -0.39 is 30.5 Å². The van der Waals surface area contributed by atoms with Gasteiger partial charge in [0.2, 0.25) is 0 Å². The Hall–Kier alpha value is -3.91. The Morgan fingerprint density at radius 2 is 0.978 bits per heavy atom. The minimum absolute atomic E-state index is 0.0368. The molecule has 0 N–H and O–H groups in total. The molecule has 0 spiro atoms. The van der Waals surface area contributed by atoms with Gasteiger partial charge in [0.25, 0.3) is 0 Å². The Morgan fingerprint density at radius 3 is 1.42 bits per heavy atom. The van der Waals surface area contributed by atoms with Gasteiger partial charge in [-0.1, -0.05) is 127 Å². The first-order chi connectivity index (χ1) is 22.2. The van der Waals surface area contributed by atoms with Crippen LogP contribution in [0, 0.1) is 0 Å². The van der Waals surface area contributed by atoms with E-state index in [-0.39, 0.29) is 18.8 Å². The zero-order chi connectivity index (χ0) is 31.1. The average Bonchev–Trinajstić information content (AvgIpc) is 3.08. The first-order valence-corrected chi connectivity index (χ1v) is 15.6. The van der Waals surface area contributed by atoms with Crippen LogP contribution >= 0.6 is 0 Å². The van der Waals surface area contributed by atoms with Gasteiger partial charge in [-0.15, -0.1) is 0 Å². The molecule has 6 heteroatoms. The maximum absolute atomic E-state index is 13.0. The number of rotatable bonds is 16. The van der Waals surface area contributed by atoms with Crippen LogP contribution in [0.25, 0.3) is 0 Å². The molecule has 4 aromatic carbocycles. The SMILES string of the molecule is C/C=C\C(=O)C[C@@H]1O[C@H](COCc2ccccc2)[C@H](OCc2ccccc2)[C@H](OCc2ccccc2)[C@H]1OCc1ccccc1. The first kappa shape index (κ1) is 32.5. The quantitative estimate of drug-likeness (QED) is 0.125. The van der Waals surface area contributed by atoms with Crippen LogP contribution < -0.4 is 0 Å². The van der Waals surface area contributed by atoms with Crippen LogP contribution in [0.5, 0.6) is 0 Å². The molecule has 1 aliphatic heterocycles. The molecule has 0 unspecified atom stereocenters. The van der Waals surface area contributed by atoms with E-state index >= 15 is 0 Å². The summed E-state index contributed by atoms with van der Waals surface area (Å²) in [5, 5.41) is 0. The maximum atomic E-state index is 13.0. The summed E-state index contributed by atoms with van der Waals surface area (Å²) < 4.78 is 32.9. The van der Waals surface area contributed by atoms with Crippen LogP contribution in [0.4, 0.5) is 0 Å². The predicted octanol–water partition coefficient (Wildman–Crippen LogP) is 7.26. The van der Waals surface area contributed by atoms with Crippen LogP contribution in [0.15, 0.2) is 133 Å². The van der Waals surface area contributed by atoms with Crippen LogP contribution in [0.2, 0.25) is 0 Å². The van der Waals surface area contributed by atoms with Gasteiger partial charge in [-0.3, -0.25) is 4.79 Å². The maximum Gasteiger partial charge on any atom is 0.158 e. The monoisotopic (exact) mass is 606 g/mol. The minimum Gasteiger partial charge on any atom is -0.374 e. The first-order valence-electron chi connectivity index (χ1n) is 15.6. The van der Waals surface area contributed by atoms with E-state index in [4.69, 9.17) is 23.7 Å². The molecule has 6 nitrogen and oxygen atoms in total. The summed E-state index contributed by atoms with van der Waals surface area (Å²) in [5.74, 6) is -0.0368. The molecule has 1 aliphatic rings. The standard InChI is InChI=1S/C39H42O6/c1-2-15-34(40)24-35-37(42-26-31-18-9-4-10-19-31)39(44-28-33-22-13-6-14-23-33)38(43-27-32-20-11-5-12-21-32)36(45-35)29-41-25-30-16-7-3-8-17-30/h2-23,35-39H,24-29H2,1H3/b15-2-/t35-,36+,37-,38-,39+/m0/s1. The topological polar surface area (TPSA) is 63.2 Å². The fraction of sp³-hybridized carbons (Fsp3) is 0.308. The lowest BCUT2D eigenvalue weighted by atomic mass is 9.91. The van der Waals surface area contributed by atoms with Crippen LogP contribution in [0.1, 0.15) is 35.6 Å². The second-order valence-electron chi connectivity index (χ2n) is 11.2. The molecule has 4 aromatic rings. The van der Waals surface area contributed by atoms with E-state index in [2.05, 4.69) is 0 Å². The van der Waals surface area contributed by atoms with Crippen molar-refractivity contribution in [1.82, 2.24) is 0 Å². The number of ether oxygens (including phenoxy) is 5. The number of ketones is 1. The average molecular weight is 607 g/mol. The summed E-state index contributed by atoms with van der Waals surface area (Å²) in [5.41, 5.74) is 4.16. The molecule has 1 saturated heterocycles. The van der Waals surface area contributed by atoms with Crippen molar-refractivity contribution in [2.24, 2.45) is 0 Å². The Kier molecular flexibility index (Phi) is 12.7. The highest BCUT2D eigenvalue weighted by molar-refractivity contribution is 5.89. The largest absolute Gasteiger partial charge is 0.374 e. The molecule has 0 radical (unpaired) electrons. The normalized spacial score (nSPS) is 21.6. The van der Waals surface area contributed by atoms with Crippen molar-refractivity contribution in [2.45, 2.75) is 70.3 Å². The summed E-state index contributed by atoms with van der Waals surface area (Å²) in [6, 6.07) is 40.1. The Morgan fingerprint density at radius 1 is 0.578 bits per heavy atom. The molecular weight excluding hydrogens is 564 g/mol. The summed E-state index contributed by atoms with van der Waals surface area (Å²) in [7, 11) is 0. The van der Waals surface area contributed by atoms with Crippen molar-refractivity contribution in [3.63, 3.8) is 0 Å². The highest BCUT2D eigenvalue weighted by Gasteiger charge is 2.48. The van der Waals surface area contributed by atoms with E-state index in [9.17, 15) is 4.79 Å². The third kappa shape index (κ3) is 10.0. The summed E-state index contributed by atoms with van der Waals surface area (Å²) in [6.45, 7) is 3.59. The second kappa shape index (κ2) is 17.5. The van der Waals surface area contributed by atoms with E-state index in [1.54, 1.807) is 12.2 Å². The summed E-state index contributed by atoms with van der Waals surface area (Å²) >= 11 is 0. The molecule has 0 amide bonds. The van der Waals surface area contributed by atoms with Gasteiger partial charge in [0, 0.05) is 6.42 Å². The van der Waals surface area contributed by atoms with E-state index in [1.165, 1.54) is 0 Å². The van der Waals surface area contributed by atoms with E-state index in [1.807, 2.05) is 128 Å². The second-order valence-corrected chi connectivity index (χ2v) is 11.2. The van der Waals surface area contributed by atoms with Crippen molar-refractivity contribution in [2.75, 3.05) is 6.61 Å². The molecule has 45 heavy (non-hydrogen) atoms. The zero-order valence-corrected chi connectivity index (χ0v) is 25.8. The third-order valence-electron chi connectivity index (χ3n) is 7.73. The zero-order valence-electron chi connectivity index (χ0n) is 25.8. The van der Waals surface area contributed by atoms with E-state index in [0.29, 0.717) is 26.4 Å². The third-order valence-corrected chi connectivity index (χ3v) is 7.73. The van der Waals surface area contributed by atoms with Crippen molar-refractivity contribution in [1.29, 1.82) is 0 Å². The molecule has 1 heterocycles.